The first-order valence-corrected chi connectivity index (χ1v) is 10.9. The van der Waals surface area contributed by atoms with Crippen LogP contribution in [0.25, 0.3) is 10.2 Å². The highest BCUT2D eigenvalue weighted by Crippen LogP contribution is 2.34. The summed E-state index contributed by atoms with van der Waals surface area (Å²) < 4.78 is 0. The van der Waals surface area contributed by atoms with Crippen molar-refractivity contribution in [2.75, 3.05) is 5.32 Å². The number of aromatic nitrogens is 3. The molecule has 0 fully saturated rings. The highest BCUT2D eigenvalue weighted by Gasteiger charge is 2.21. The molecule has 0 radical (unpaired) electrons. The van der Waals surface area contributed by atoms with Gasteiger partial charge in [0.1, 0.15) is 22.0 Å². The summed E-state index contributed by atoms with van der Waals surface area (Å²) in [5.41, 5.74) is 0.896. The summed E-state index contributed by atoms with van der Waals surface area (Å²) in [5.74, 6) is 0.650. The van der Waals surface area contributed by atoms with Crippen molar-refractivity contribution in [3.05, 3.63) is 55.7 Å². The monoisotopic (exact) mass is 415 g/mol. The van der Waals surface area contributed by atoms with Crippen LogP contribution in [0.2, 0.25) is 0 Å². The van der Waals surface area contributed by atoms with Crippen molar-refractivity contribution in [1.29, 1.82) is 0 Å². The Morgan fingerprint density at radius 3 is 2.85 bits per heavy atom. The zero-order valence-corrected chi connectivity index (χ0v) is 17.2. The Morgan fingerprint density at radius 1 is 1.22 bits per heavy atom. The van der Waals surface area contributed by atoms with Crippen LogP contribution in [0.15, 0.2) is 35.4 Å². The van der Waals surface area contributed by atoms with Crippen LogP contribution in [0.1, 0.15) is 38.1 Å². The predicted molar refractivity (Wildman–Crippen MR) is 112 cm³/mol. The first-order valence-electron chi connectivity index (χ1n) is 8.34. The molecule has 9 heteroatoms. The summed E-state index contributed by atoms with van der Waals surface area (Å²) in [6, 6.07) is 3.97. The topological polar surface area (TPSA) is 79.8 Å². The minimum absolute atomic E-state index is 0.109. The lowest BCUT2D eigenvalue weighted by molar-refractivity contribution is 0.0943. The van der Waals surface area contributed by atoms with Crippen molar-refractivity contribution in [3.8, 4) is 0 Å². The Labute approximate surface area is 168 Å². The summed E-state index contributed by atoms with van der Waals surface area (Å²) in [6.07, 6.45) is 3.28. The molecule has 0 spiro atoms. The zero-order chi connectivity index (χ0) is 18.8. The third kappa shape index (κ3) is 3.71. The van der Waals surface area contributed by atoms with Gasteiger partial charge >= 0.3 is 0 Å². The number of hydrogen-bond acceptors (Lipinski definition) is 8. The maximum Gasteiger partial charge on any atom is 0.262 e. The molecule has 6 nitrogen and oxygen atoms in total. The second-order valence-corrected chi connectivity index (χ2v) is 8.91. The van der Waals surface area contributed by atoms with Crippen molar-refractivity contribution in [2.24, 2.45) is 0 Å². The molecule has 0 aliphatic heterocycles. The highest BCUT2D eigenvalue weighted by molar-refractivity contribution is 7.20. The summed E-state index contributed by atoms with van der Waals surface area (Å²) in [6.45, 7) is 4.58. The summed E-state index contributed by atoms with van der Waals surface area (Å²) >= 11 is 4.62. The number of rotatable bonds is 6. The van der Waals surface area contributed by atoms with Crippen molar-refractivity contribution < 1.29 is 4.79 Å². The lowest BCUT2D eigenvalue weighted by Gasteiger charge is -2.10. The number of nitrogens with one attached hydrogen (secondary N) is 2. The van der Waals surface area contributed by atoms with Gasteiger partial charge in [-0.05, 0) is 30.9 Å². The summed E-state index contributed by atoms with van der Waals surface area (Å²) in [5, 5.41) is 12.2. The van der Waals surface area contributed by atoms with Crippen molar-refractivity contribution in [2.45, 2.75) is 26.4 Å². The maximum atomic E-state index is 12.8. The molecule has 138 valence electrons. The molecular weight excluding hydrogens is 398 g/mol. The minimum atomic E-state index is -0.135. The molecule has 0 aliphatic rings. The average Bonchev–Trinajstić information content (AvgIpc) is 3.41. The Hall–Kier alpha value is -2.36. The molecule has 0 aromatic carbocycles. The average molecular weight is 416 g/mol. The first-order chi connectivity index (χ1) is 13.1. The van der Waals surface area contributed by atoms with Crippen LogP contribution in [-0.4, -0.2) is 20.9 Å². The number of hydrogen-bond donors (Lipinski definition) is 2. The highest BCUT2D eigenvalue weighted by atomic mass is 32.1. The van der Waals surface area contributed by atoms with Crippen molar-refractivity contribution >= 4 is 56.0 Å². The van der Waals surface area contributed by atoms with Gasteiger partial charge in [-0.15, -0.1) is 34.0 Å². The van der Waals surface area contributed by atoms with Crippen LogP contribution < -0.4 is 10.6 Å². The van der Waals surface area contributed by atoms with E-state index in [0.29, 0.717) is 11.4 Å². The fourth-order valence-electron chi connectivity index (χ4n) is 2.78. The molecule has 0 bridgehead atoms. The number of amides is 1. The Balaban J connectivity index is 1.59. The van der Waals surface area contributed by atoms with E-state index in [-0.39, 0.29) is 11.9 Å². The Bertz CT molecular complexity index is 1060. The molecule has 27 heavy (non-hydrogen) atoms. The number of fused-ring (bicyclic) bond motifs is 1. The fourth-order valence-corrected chi connectivity index (χ4v) is 5.12. The fraction of sp³-hybridized carbons (Fsp3) is 0.222. The smallest absolute Gasteiger partial charge is 0.262 e. The molecule has 0 aliphatic carbocycles. The Morgan fingerprint density at radius 2 is 2.11 bits per heavy atom. The van der Waals surface area contributed by atoms with Crippen molar-refractivity contribution in [1.82, 2.24) is 20.3 Å². The molecule has 4 heterocycles. The zero-order valence-electron chi connectivity index (χ0n) is 14.7. The molecule has 1 atom stereocenters. The summed E-state index contributed by atoms with van der Waals surface area (Å²) in [4.78, 5) is 28.5. The van der Waals surface area contributed by atoms with Gasteiger partial charge in [-0.25, -0.2) is 15.0 Å². The van der Waals surface area contributed by atoms with Crippen molar-refractivity contribution in [3.63, 3.8) is 0 Å². The van der Waals surface area contributed by atoms with Gasteiger partial charge in [0.05, 0.1) is 22.8 Å². The van der Waals surface area contributed by atoms with Crippen LogP contribution in [0, 0.1) is 6.92 Å². The molecule has 0 saturated heterocycles. The standard InChI is InChI=1S/C18H17N5OS3/c1-10-13-15(20-8-12-4-3-6-25-12)21-9-22-18(13)27-14(10)16(24)23-11(2)17-19-5-7-26-17/h3-7,9,11H,8H2,1-2H3,(H,23,24)(H,20,21,22). The van der Waals surface area contributed by atoms with E-state index in [0.717, 1.165) is 26.6 Å². The third-order valence-corrected chi connectivity index (χ3v) is 7.15. The molecule has 1 unspecified atom stereocenters. The van der Waals surface area contributed by atoms with Crippen LogP contribution in [-0.2, 0) is 6.54 Å². The van der Waals surface area contributed by atoms with E-state index in [9.17, 15) is 4.79 Å². The largest absolute Gasteiger partial charge is 0.365 e. The number of thiazole rings is 1. The normalized spacial score (nSPS) is 12.2. The van der Waals surface area contributed by atoms with E-state index in [2.05, 4.69) is 37.0 Å². The summed E-state index contributed by atoms with van der Waals surface area (Å²) in [7, 11) is 0. The first kappa shape index (κ1) is 18.0. The lowest BCUT2D eigenvalue weighted by Crippen LogP contribution is -2.26. The van der Waals surface area contributed by atoms with Gasteiger partial charge in [0, 0.05) is 16.5 Å². The van der Waals surface area contributed by atoms with E-state index in [1.54, 1.807) is 17.5 Å². The molecule has 4 rings (SSSR count). The third-order valence-electron chi connectivity index (χ3n) is 4.11. The van der Waals surface area contributed by atoms with E-state index >= 15 is 0 Å². The van der Waals surface area contributed by atoms with Gasteiger partial charge in [0.25, 0.3) is 5.91 Å². The number of thiophene rings is 2. The Kier molecular flexibility index (Phi) is 5.15. The molecule has 1 amide bonds. The van der Waals surface area contributed by atoms with Crippen LogP contribution in [0.5, 0.6) is 0 Å². The van der Waals surface area contributed by atoms with Crippen LogP contribution >= 0.6 is 34.0 Å². The van der Waals surface area contributed by atoms with E-state index in [1.807, 2.05) is 25.3 Å². The lowest BCUT2D eigenvalue weighted by atomic mass is 10.2. The molecule has 2 N–H and O–H groups in total. The van der Waals surface area contributed by atoms with Gasteiger partial charge < -0.3 is 10.6 Å². The van der Waals surface area contributed by atoms with Crippen LogP contribution in [0.3, 0.4) is 0 Å². The van der Waals surface area contributed by atoms with Crippen LogP contribution in [0.4, 0.5) is 5.82 Å². The van der Waals surface area contributed by atoms with Gasteiger partial charge in [-0.3, -0.25) is 4.79 Å². The minimum Gasteiger partial charge on any atom is -0.365 e. The van der Waals surface area contributed by atoms with Gasteiger partial charge in [-0.1, -0.05) is 6.07 Å². The van der Waals surface area contributed by atoms with E-state index < -0.39 is 0 Å². The number of aryl methyl sites for hydroxylation is 1. The number of carbonyl (C=O) groups is 1. The van der Waals surface area contributed by atoms with Gasteiger partial charge in [0.15, 0.2) is 0 Å². The molecule has 4 aromatic heterocycles. The number of nitrogens with zero attached hydrogens (tertiary/aromatic N) is 3. The quantitative estimate of drug-likeness (QED) is 0.480. The molecular formula is C18H17N5OS3. The van der Waals surface area contributed by atoms with Gasteiger partial charge in [0.2, 0.25) is 0 Å². The maximum absolute atomic E-state index is 12.8. The van der Waals surface area contributed by atoms with E-state index in [1.165, 1.54) is 33.9 Å². The SMILES string of the molecule is Cc1c(C(=O)NC(C)c2nccs2)sc2ncnc(NCc3cccs3)c12. The second kappa shape index (κ2) is 7.71. The molecule has 4 aromatic rings. The predicted octanol–water partition coefficient (Wildman–Crippen LogP) is 4.62. The van der Waals surface area contributed by atoms with Gasteiger partial charge in [-0.2, -0.15) is 0 Å². The number of carbonyl (C=O) groups excluding carboxylic acids is 1. The number of anilines is 1. The second-order valence-electron chi connectivity index (χ2n) is 5.96. The van der Waals surface area contributed by atoms with E-state index in [4.69, 9.17) is 0 Å². The molecule has 0 saturated carbocycles.